The number of rotatable bonds is 12. The molecule has 3 fully saturated rings. The molecule has 5 heterocycles. The number of β-amino-alcohol motifs (C(OH)–C–C–N with tert-alkyl or cyclic N) is 1. The number of likely N-dealkylation sites (tertiary alicyclic amines) is 1. The fourth-order valence-electron chi connectivity index (χ4n) is 10.2. The van der Waals surface area contributed by atoms with Crippen LogP contribution in [0.3, 0.4) is 0 Å². The number of aliphatic hydroxyl groups is 1. The van der Waals surface area contributed by atoms with E-state index in [4.69, 9.17) is 16.6 Å². The van der Waals surface area contributed by atoms with Crippen molar-refractivity contribution in [3.05, 3.63) is 87.8 Å². The van der Waals surface area contributed by atoms with Crippen molar-refractivity contribution in [2.24, 2.45) is 17.9 Å². The van der Waals surface area contributed by atoms with Crippen molar-refractivity contribution in [3.8, 4) is 11.1 Å². The summed E-state index contributed by atoms with van der Waals surface area (Å²) < 4.78 is 30.0. The molecule has 9 rings (SSSR count). The quantitative estimate of drug-likeness (QED) is 0.0976. The third-order valence-corrected chi connectivity index (χ3v) is 13.8. The van der Waals surface area contributed by atoms with Crippen LogP contribution < -0.4 is 10.6 Å². The maximum atomic E-state index is 14.1. The summed E-state index contributed by atoms with van der Waals surface area (Å²) in [5, 5.41) is 26.5. The first-order valence-corrected chi connectivity index (χ1v) is 20.9. The highest BCUT2D eigenvalue weighted by Gasteiger charge is 2.57. The number of imidazole rings is 1. The maximum Gasteiger partial charge on any atom is 0.309 e. The van der Waals surface area contributed by atoms with Crippen LogP contribution in [0.25, 0.3) is 22.2 Å². The molecule has 2 saturated carbocycles. The van der Waals surface area contributed by atoms with Gasteiger partial charge in [0.15, 0.2) is 17.5 Å². The van der Waals surface area contributed by atoms with E-state index in [1.165, 1.54) is 0 Å². The van der Waals surface area contributed by atoms with Gasteiger partial charge in [-0.25, -0.2) is 23.7 Å². The highest BCUT2D eigenvalue weighted by atomic mass is 35.5. The molecule has 16 heteroatoms. The minimum atomic E-state index is -2.91. The van der Waals surface area contributed by atoms with Gasteiger partial charge in [0.1, 0.15) is 5.52 Å². The number of hydrogen-bond donors (Lipinski definition) is 4. The fourth-order valence-corrected chi connectivity index (χ4v) is 10.4. The number of carboxylic acids is 1. The number of amides is 1. The number of fused-ring (bicyclic) bond motifs is 4. The molecule has 4 N–H and O–H groups in total. The van der Waals surface area contributed by atoms with Crippen LogP contribution in [0.1, 0.15) is 90.8 Å². The molecule has 0 radical (unpaired) electrons. The first kappa shape index (κ1) is 40.3. The normalized spacial score (nSPS) is 22.3. The van der Waals surface area contributed by atoms with E-state index in [0.29, 0.717) is 53.7 Å². The van der Waals surface area contributed by atoms with Gasteiger partial charge >= 0.3 is 5.97 Å². The summed E-state index contributed by atoms with van der Waals surface area (Å²) in [7, 11) is 1.86. The van der Waals surface area contributed by atoms with E-state index in [1.54, 1.807) is 25.3 Å². The Morgan fingerprint density at radius 3 is 2.43 bits per heavy atom. The maximum absolute atomic E-state index is 14.1. The summed E-state index contributed by atoms with van der Waals surface area (Å²) in [5.41, 5.74) is 5.33. The molecule has 60 heavy (non-hydrogen) atoms. The summed E-state index contributed by atoms with van der Waals surface area (Å²) in [6, 6.07) is 12.7. The Labute approximate surface area is 351 Å². The SMILES string of the molecule is Cc1c(Nc2nc(C(F)F)nc3cc(CN4CC(C)(O)C4)cnc23)cccc1-c1cccc(NC(=O)c2nc3c(n2C)CCN(CCC24CCC(C(=O)O)(CC2)C4)C3)c1Cl. The molecule has 13 nitrogen and oxygen atoms in total. The van der Waals surface area contributed by atoms with E-state index in [2.05, 4.69) is 30.5 Å². The van der Waals surface area contributed by atoms with E-state index in [9.17, 15) is 28.6 Å². The van der Waals surface area contributed by atoms with Crippen molar-refractivity contribution in [1.29, 1.82) is 0 Å². The Hall–Kier alpha value is -5.09. The van der Waals surface area contributed by atoms with Gasteiger partial charge in [-0.05, 0) is 99.2 Å². The summed E-state index contributed by atoms with van der Waals surface area (Å²) in [4.78, 5) is 47.9. The second-order valence-corrected chi connectivity index (χ2v) is 18.1. The molecular weight excluding hydrogens is 792 g/mol. The molecule has 0 unspecified atom stereocenters. The van der Waals surface area contributed by atoms with Crippen LogP contribution >= 0.6 is 11.6 Å². The molecule has 3 aromatic heterocycles. The van der Waals surface area contributed by atoms with Crippen molar-refractivity contribution in [1.82, 2.24) is 34.3 Å². The van der Waals surface area contributed by atoms with Gasteiger partial charge in [-0.1, -0.05) is 35.9 Å². The highest BCUT2D eigenvalue weighted by Crippen LogP contribution is 2.63. The zero-order valence-electron chi connectivity index (χ0n) is 33.9. The average molecular weight is 840 g/mol. The van der Waals surface area contributed by atoms with Crippen molar-refractivity contribution in [2.75, 3.05) is 36.8 Å². The summed E-state index contributed by atoms with van der Waals surface area (Å²) >= 11 is 7.04. The molecular formula is C44H48ClF2N9O4. The summed E-state index contributed by atoms with van der Waals surface area (Å²) in [6.07, 6.45) is 4.80. The van der Waals surface area contributed by atoms with Gasteiger partial charge in [0.2, 0.25) is 0 Å². The van der Waals surface area contributed by atoms with Gasteiger partial charge in [0.25, 0.3) is 12.3 Å². The lowest BCUT2D eigenvalue weighted by Gasteiger charge is -2.44. The topological polar surface area (TPSA) is 162 Å². The molecule has 1 saturated heterocycles. The standard InChI is InChI=1S/C44H48ClF2N9O4/c1-25-27(6-4-8-29(25)49-37-35-31(50-38(53-37)36(46)47)18-26(19-48-35)20-56-23-42(2,60)24-56)28-7-5-9-30(34(28)45)52-40(57)39-51-32-21-55(16-10-33(32)54(39)3)17-15-43-11-13-44(22-43,14-12-43)41(58)59/h4-9,18-19,36,60H,10-17,20-24H2,1-3H3,(H,52,57)(H,58,59)(H,49,50,53). The number of carbonyl (C=O) groups excluding carboxylic acids is 1. The van der Waals surface area contributed by atoms with Crippen LogP contribution in [0.2, 0.25) is 5.02 Å². The number of aliphatic carboxylic acids is 1. The van der Waals surface area contributed by atoms with E-state index >= 15 is 0 Å². The zero-order valence-corrected chi connectivity index (χ0v) is 34.6. The van der Waals surface area contributed by atoms with Gasteiger partial charge in [-0.15, -0.1) is 0 Å². The minimum Gasteiger partial charge on any atom is -0.481 e. The summed E-state index contributed by atoms with van der Waals surface area (Å²) in [6.45, 7) is 7.52. The number of carboxylic acid groups (broad SMARTS) is 1. The Morgan fingerprint density at radius 1 is 1.00 bits per heavy atom. The number of anilines is 3. The van der Waals surface area contributed by atoms with Crippen molar-refractivity contribution in [3.63, 3.8) is 0 Å². The number of aromatic nitrogens is 5. The Bertz CT molecular complexity index is 2530. The van der Waals surface area contributed by atoms with Crippen LogP contribution in [-0.2, 0) is 31.4 Å². The number of benzene rings is 2. The summed E-state index contributed by atoms with van der Waals surface area (Å²) in [5.74, 6) is -1.22. The number of alkyl halides is 2. The van der Waals surface area contributed by atoms with Gasteiger partial charge < -0.3 is 25.4 Å². The van der Waals surface area contributed by atoms with Gasteiger partial charge in [0, 0.05) is 69.3 Å². The molecule has 0 spiro atoms. The number of hydrogen-bond acceptors (Lipinski definition) is 10. The second-order valence-electron chi connectivity index (χ2n) is 17.7. The molecule has 2 aliphatic heterocycles. The van der Waals surface area contributed by atoms with Gasteiger partial charge in [-0.3, -0.25) is 24.4 Å². The molecule has 2 aromatic carbocycles. The fraction of sp³-hybridized carbons (Fsp3) is 0.455. The third kappa shape index (κ3) is 7.39. The smallest absolute Gasteiger partial charge is 0.309 e. The minimum absolute atomic E-state index is 0.117. The molecule has 0 atom stereocenters. The van der Waals surface area contributed by atoms with Crippen LogP contribution in [-0.4, -0.2) is 88.2 Å². The largest absolute Gasteiger partial charge is 0.481 e. The molecule has 4 aliphatic rings. The van der Waals surface area contributed by atoms with Crippen molar-refractivity contribution in [2.45, 2.75) is 83.9 Å². The lowest BCUT2D eigenvalue weighted by molar-refractivity contribution is -0.148. The highest BCUT2D eigenvalue weighted by molar-refractivity contribution is 6.36. The number of pyridine rings is 1. The van der Waals surface area contributed by atoms with E-state index < -0.39 is 29.2 Å². The second kappa shape index (κ2) is 15.1. The predicted octanol–water partition coefficient (Wildman–Crippen LogP) is 7.67. The number of nitrogens with one attached hydrogen (secondary N) is 2. The molecule has 5 aromatic rings. The van der Waals surface area contributed by atoms with Crippen molar-refractivity contribution < 1.29 is 28.6 Å². The lowest BCUT2D eigenvalue weighted by atomic mass is 9.80. The first-order chi connectivity index (χ1) is 28.6. The molecule has 2 aliphatic carbocycles. The first-order valence-electron chi connectivity index (χ1n) is 20.5. The van der Waals surface area contributed by atoms with E-state index in [-0.39, 0.29) is 28.5 Å². The average Bonchev–Trinajstić information content (AvgIpc) is 3.89. The number of carbonyl (C=O) groups is 2. The van der Waals surface area contributed by atoms with Crippen LogP contribution in [0, 0.1) is 17.8 Å². The van der Waals surface area contributed by atoms with Crippen LogP contribution in [0.4, 0.5) is 26.0 Å². The third-order valence-electron chi connectivity index (χ3n) is 13.4. The predicted molar refractivity (Wildman–Crippen MR) is 223 cm³/mol. The van der Waals surface area contributed by atoms with Gasteiger partial charge in [-0.2, -0.15) is 0 Å². The molecule has 1 amide bonds. The van der Waals surface area contributed by atoms with E-state index in [1.807, 2.05) is 53.8 Å². The Kier molecular flexibility index (Phi) is 10.2. The zero-order chi connectivity index (χ0) is 42.1. The Balaban J connectivity index is 0.905. The Morgan fingerprint density at radius 2 is 1.73 bits per heavy atom. The van der Waals surface area contributed by atoms with E-state index in [0.717, 1.165) is 86.1 Å². The monoisotopic (exact) mass is 839 g/mol. The number of halogens is 3. The lowest BCUT2D eigenvalue weighted by Crippen LogP contribution is -2.59. The molecule has 2 bridgehead atoms. The van der Waals surface area contributed by atoms with Crippen LogP contribution in [0.5, 0.6) is 0 Å². The van der Waals surface area contributed by atoms with Crippen LogP contribution in [0.15, 0.2) is 48.7 Å². The van der Waals surface area contributed by atoms with Crippen molar-refractivity contribution >= 4 is 51.7 Å². The number of nitrogens with zero attached hydrogens (tertiary/aromatic N) is 7. The molecule has 314 valence electrons. The van der Waals surface area contributed by atoms with Gasteiger partial charge in [0.05, 0.1) is 32.9 Å².